The van der Waals surface area contributed by atoms with Crippen molar-refractivity contribution in [3.63, 3.8) is 0 Å². The molecule has 0 spiro atoms. The number of halogens is 2. The molecule has 0 saturated heterocycles. The lowest BCUT2D eigenvalue weighted by atomic mass is 10.1. The molecule has 0 atom stereocenters. The number of alkyl halides is 2. The standard InChI is InChI=1S/C20H19F2N3O2/c1-13-17(14(2)25(24-13)15-8-4-3-5-9-15)12-23-19(26)16-10-6-7-11-18(16)27-20(21)22/h3-11,20H,12H2,1-2H3,(H,23,26). The van der Waals surface area contributed by atoms with E-state index in [0.29, 0.717) is 0 Å². The summed E-state index contributed by atoms with van der Waals surface area (Å²) in [5.74, 6) is -0.643. The number of carbonyl (C=O) groups excluding carboxylic acids is 1. The molecular weight excluding hydrogens is 352 g/mol. The van der Waals surface area contributed by atoms with Gasteiger partial charge in [0, 0.05) is 17.8 Å². The third-order valence-electron chi connectivity index (χ3n) is 4.22. The third kappa shape index (κ3) is 4.13. The number of aromatic nitrogens is 2. The molecule has 140 valence electrons. The average molecular weight is 371 g/mol. The van der Waals surface area contributed by atoms with Crippen LogP contribution in [0, 0.1) is 13.8 Å². The number of carbonyl (C=O) groups is 1. The van der Waals surface area contributed by atoms with E-state index in [1.165, 1.54) is 18.2 Å². The Morgan fingerprint density at radius 1 is 1.11 bits per heavy atom. The van der Waals surface area contributed by atoms with Crippen molar-refractivity contribution in [2.24, 2.45) is 0 Å². The van der Waals surface area contributed by atoms with Crippen LogP contribution in [0.2, 0.25) is 0 Å². The van der Waals surface area contributed by atoms with Crippen LogP contribution in [-0.4, -0.2) is 22.3 Å². The molecule has 27 heavy (non-hydrogen) atoms. The molecule has 1 heterocycles. The van der Waals surface area contributed by atoms with E-state index in [1.54, 1.807) is 6.07 Å². The van der Waals surface area contributed by atoms with Crippen molar-refractivity contribution in [1.29, 1.82) is 0 Å². The number of rotatable bonds is 6. The number of aryl methyl sites for hydroxylation is 1. The lowest BCUT2D eigenvalue weighted by Crippen LogP contribution is -2.24. The van der Waals surface area contributed by atoms with Gasteiger partial charge in [-0.25, -0.2) is 4.68 Å². The van der Waals surface area contributed by atoms with Gasteiger partial charge in [0.1, 0.15) is 5.75 Å². The zero-order chi connectivity index (χ0) is 19.4. The van der Waals surface area contributed by atoms with Gasteiger partial charge in [-0.15, -0.1) is 0 Å². The van der Waals surface area contributed by atoms with Crippen molar-refractivity contribution < 1.29 is 18.3 Å². The number of benzene rings is 2. The Hall–Kier alpha value is -3.22. The van der Waals surface area contributed by atoms with Crippen LogP contribution in [0.3, 0.4) is 0 Å². The summed E-state index contributed by atoms with van der Waals surface area (Å²) in [4.78, 5) is 12.5. The summed E-state index contributed by atoms with van der Waals surface area (Å²) in [5.41, 5.74) is 3.54. The van der Waals surface area contributed by atoms with E-state index in [0.717, 1.165) is 22.6 Å². The quantitative estimate of drug-likeness (QED) is 0.712. The Morgan fingerprint density at radius 2 is 1.78 bits per heavy atom. The van der Waals surface area contributed by atoms with Gasteiger partial charge < -0.3 is 10.1 Å². The first-order valence-electron chi connectivity index (χ1n) is 8.40. The van der Waals surface area contributed by atoms with Crippen molar-refractivity contribution in [3.05, 3.63) is 77.1 Å². The van der Waals surface area contributed by atoms with Gasteiger partial charge in [0.05, 0.1) is 16.9 Å². The second-order valence-corrected chi connectivity index (χ2v) is 5.95. The largest absolute Gasteiger partial charge is 0.434 e. The van der Waals surface area contributed by atoms with E-state index in [1.807, 2.05) is 48.9 Å². The number of nitrogens with zero attached hydrogens (tertiary/aromatic N) is 2. The van der Waals surface area contributed by atoms with Crippen molar-refractivity contribution in [2.75, 3.05) is 0 Å². The monoisotopic (exact) mass is 371 g/mol. The van der Waals surface area contributed by atoms with Crippen LogP contribution >= 0.6 is 0 Å². The van der Waals surface area contributed by atoms with Crippen LogP contribution in [0.25, 0.3) is 5.69 Å². The lowest BCUT2D eigenvalue weighted by molar-refractivity contribution is -0.0501. The van der Waals surface area contributed by atoms with Gasteiger partial charge in [-0.2, -0.15) is 13.9 Å². The zero-order valence-electron chi connectivity index (χ0n) is 14.9. The second kappa shape index (κ2) is 7.99. The molecule has 0 aliphatic carbocycles. The Kier molecular flexibility index (Phi) is 5.49. The van der Waals surface area contributed by atoms with Gasteiger partial charge in [0.15, 0.2) is 0 Å². The summed E-state index contributed by atoms with van der Waals surface area (Å²) < 4.78 is 31.3. The number of para-hydroxylation sites is 2. The van der Waals surface area contributed by atoms with Crippen LogP contribution in [0.1, 0.15) is 27.3 Å². The molecule has 1 amide bonds. The molecule has 0 saturated carbocycles. The van der Waals surface area contributed by atoms with Gasteiger partial charge in [-0.3, -0.25) is 4.79 Å². The highest BCUT2D eigenvalue weighted by Crippen LogP contribution is 2.21. The Morgan fingerprint density at radius 3 is 2.48 bits per heavy atom. The van der Waals surface area contributed by atoms with Crippen molar-refractivity contribution in [3.8, 4) is 11.4 Å². The molecule has 3 aromatic rings. The summed E-state index contributed by atoms with van der Waals surface area (Å²) in [7, 11) is 0. The Balaban J connectivity index is 1.78. The predicted molar refractivity (Wildman–Crippen MR) is 97.3 cm³/mol. The van der Waals surface area contributed by atoms with Crippen LogP contribution in [0.15, 0.2) is 54.6 Å². The molecule has 2 aromatic carbocycles. The molecule has 0 radical (unpaired) electrons. The van der Waals surface area contributed by atoms with Gasteiger partial charge in [0.25, 0.3) is 5.91 Å². The molecule has 1 N–H and O–H groups in total. The first kappa shape index (κ1) is 18.6. The normalized spacial score (nSPS) is 10.9. The van der Waals surface area contributed by atoms with E-state index in [9.17, 15) is 13.6 Å². The highest BCUT2D eigenvalue weighted by Gasteiger charge is 2.17. The van der Waals surface area contributed by atoms with Crippen molar-refractivity contribution >= 4 is 5.91 Å². The number of hydrogen-bond donors (Lipinski definition) is 1. The highest BCUT2D eigenvalue weighted by atomic mass is 19.3. The summed E-state index contributed by atoms with van der Waals surface area (Å²) in [6.07, 6.45) is 0. The summed E-state index contributed by atoms with van der Waals surface area (Å²) in [6, 6.07) is 15.6. The minimum atomic E-state index is -2.99. The molecule has 5 nitrogen and oxygen atoms in total. The van der Waals surface area contributed by atoms with Crippen molar-refractivity contribution in [1.82, 2.24) is 15.1 Å². The molecule has 0 aliphatic rings. The maximum absolute atomic E-state index is 12.5. The van der Waals surface area contributed by atoms with E-state index < -0.39 is 12.5 Å². The fraction of sp³-hybridized carbons (Fsp3) is 0.200. The SMILES string of the molecule is Cc1nn(-c2ccccc2)c(C)c1CNC(=O)c1ccccc1OC(F)F. The summed E-state index contributed by atoms with van der Waals surface area (Å²) in [5, 5.41) is 7.29. The van der Waals surface area contributed by atoms with Gasteiger partial charge in [0.2, 0.25) is 0 Å². The van der Waals surface area contributed by atoms with Crippen LogP contribution < -0.4 is 10.1 Å². The Labute approximate surface area is 155 Å². The minimum absolute atomic E-state index is 0.0588. The maximum atomic E-state index is 12.5. The molecular formula is C20H19F2N3O2. The van der Waals surface area contributed by atoms with Gasteiger partial charge in [-0.05, 0) is 38.1 Å². The summed E-state index contributed by atoms with van der Waals surface area (Å²) in [6.45, 7) is 1.02. The van der Waals surface area contributed by atoms with Crippen LogP contribution in [0.4, 0.5) is 8.78 Å². The number of hydrogen-bond acceptors (Lipinski definition) is 3. The maximum Gasteiger partial charge on any atom is 0.387 e. The lowest BCUT2D eigenvalue weighted by Gasteiger charge is -2.11. The first-order chi connectivity index (χ1) is 13.0. The van der Waals surface area contributed by atoms with E-state index in [2.05, 4.69) is 15.2 Å². The van der Waals surface area contributed by atoms with Crippen LogP contribution in [0.5, 0.6) is 5.75 Å². The van der Waals surface area contributed by atoms with Crippen molar-refractivity contribution in [2.45, 2.75) is 27.0 Å². The zero-order valence-corrected chi connectivity index (χ0v) is 14.9. The molecule has 0 bridgehead atoms. The molecule has 3 rings (SSSR count). The summed E-state index contributed by atoms with van der Waals surface area (Å²) >= 11 is 0. The third-order valence-corrected chi connectivity index (χ3v) is 4.22. The van der Waals surface area contributed by atoms with E-state index >= 15 is 0 Å². The highest BCUT2D eigenvalue weighted by molar-refractivity contribution is 5.96. The molecule has 0 unspecified atom stereocenters. The average Bonchev–Trinajstić information content (AvgIpc) is 2.94. The van der Waals surface area contributed by atoms with E-state index in [4.69, 9.17) is 0 Å². The van der Waals surface area contributed by atoms with Gasteiger partial charge >= 0.3 is 6.61 Å². The topological polar surface area (TPSA) is 56.2 Å². The van der Waals surface area contributed by atoms with E-state index in [-0.39, 0.29) is 17.9 Å². The minimum Gasteiger partial charge on any atom is -0.434 e. The fourth-order valence-corrected chi connectivity index (χ4v) is 2.87. The number of amides is 1. The molecule has 0 aliphatic heterocycles. The smallest absolute Gasteiger partial charge is 0.387 e. The fourth-order valence-electron chi connectivity index (χ4n) is 2.87. The first-order valence-corrected chi connectivity index (χ1v) is 8.40. The second-order valence-electron chi connectivity index (χ2n) is 5.95. The molecule has 1 aromatic heterocycles. The van der Waals surface area contributed by atoms with Gasteiger partial charge in [-0.1, -0.05) is 30.3 Å². The predicted octanol–water partition coefficient (Wildman–Crippen LogP) is 4.02. The number of nitrogens with one attached hydrogen (secondary N) is 1. The molecule has 7 heteroatoms. The Bertz CT molecular complexity index is 940. The van der Waals surface area contributed by atoms with Crippen LogP contribution in [-0.2, 0) is 6.54 Å². The number of ether oxygens (including phenoxy) is 1. The molecule has 0 fully saturated rings.